The lowest BCUT2D eigenvalue weighted by molar-refractivity contribution is 0.190. The van der Waals surface area contributed by atoms with Crippen molar-refractivity contribution in [3.05, 3.63) is 68.5 Å². The van der Waals surface area contributed by atoms with Gasteiger partial charge in [-0.1, -0.05) is 30.3 Å². The van der Waals surface area contributed by atoms with Crippen molar-refractivity contribution in [1.82, 2.24) is 19.4 Å². The molecule has 1 saturated heterocycles. The zero-order chi connectivity index (χ0) is 17.8. The summed E-state index contributed by atoms with van der Waals surface area (Å²) in [6.45, 7) is 3.61. The standard InChI is InChI=1S/C19H26N4O2/c1-21-14-16(18(24)22(2)19(21)25)12-20-17-8-10-23(11-9-17)13-15-6-4-3-5-7-15/h3-7,14,17,20H,8-13H2,1-2H3. The Morgan fingerprint density at radius 2 is 1.76 bits per heavy atom. The molecule has 0 spiro atoms. The lowest BCUT2D eigenvalue weighted by Gasteiger charge is -2.32. The minimum Gasteiger partial charge on any atom is -0.310 e. The van der Waals surface area contributed by atoms with Crippen LogP contribution in [0.15, 0.2) is 46.1 Å². The molecule has 0 radical (unpaired) electrons. The smallest absolute Gasteiger partial charge is 0.310 e. The summed E-state index contributed by atoms with van der Waals surface area (Å²) in [4.78, 5) is 26.4. The van der Waals surface area contributed by atoms with Crippen LogP contribution in [0.1, 0.15) is 24.0 Å². The van der Waals surface area contributed by atoms with Crippen LogP contribution in [0.25, 0.3) is 0 Å². The third-order valence-corrected chi connectivity index (χ3v) is 4.94. The average Bonchev–Trinajstić information content (AvgIpc) is 2.64. The highest BCUT2D eigenvalue weighted by Gasteiger charge is 2.19. The van der Waals surface area contributed by atoms with Crippen molar-refractivity contribution in [3.63, 3.8) is 0 Å². The topological polar surface area (TPSA) is 59.3 Å². The molecule has 1 aliphatic rings. The van der Waals surface area contributed by atoms with Gasteiger partial charge in [-0.2, -0.15) is 0 Å². The maximum absolute atomic E-state index is 12.2. The number of rotatable bonds is 5. The predicted molar refractivity (Wildman–Crippen MR) is 98.5 cm³/mol. The fourth-order valence-electron chi connectivity index (χ4n) is 3.40. The number of piperidine rings is 1. The van der Waals surface area contributed by atoms with Gasteiger partial charge in [0, 0.05) is 45.0 Å². The summed E-state index contributed by atoms with van der Waals surface area (Å²) in [6.07, 6.45) is 3.78. The molecule has 2 heterocycles. The molecule has 1 aromatic carbocycles. The molecule has 1 aliphatic heterocycles. The average molecular weight is 342 g/mol. The first kappa shape index (κ1) is 17.6. The lowest BCUT2D eigenvalue weighted by Crippen LogP contribution is -2.44. The number of likely N-dealkylation sites (tertiary alicyclic amines) is 1. The van der Waals surface area contributed by atoms with Crippen LogP contribution in [0, 0.1) is 0 Å². The Kier molecular flexibility index (Phi) is 5.50. The first-order valence-corrected chi connectivity index (χ1v) is 8.80. The first-order chi connectivity index (χ1) is 12.0. The van der Waals surface area contributed by atoms with Gasteiger partial charge in [0.1, 0.15) is 0 Å². The highest BCUT2D eigenvalue weighted by molar-refractivity contribution is 5.14. The zero-order valence-electron chi connectivity index (χ0n) is 14.9. The van der Waals surface area contributed by atoms with E-state index in [1.54, 1.807) is 13.2 Å². The van der Waals surface area contributed by atoms with E-state index in [0.29, 0.717) is 18.2 Å². The van der Waals surface area contributed by atoms with Crippen molar-refractivity contribution in [3.8, 4) is 0 Å². The van der Waals surface area contributed by atoms with Crippen molar-refractivity contribution in [2.45, 2.75) is 32.0 Å². The summed E-state index contributed by atoms with van der Waals surface area (Å²) in [5.74, 6) is 0. The second-order valence-electron chi connectivity index (χ2n) is 6.83. The van der Waals surface area contributed by atoms with Crippen molar-refractivity contribution < 1.29 is 0 Å². The highest BCUT2D eigenvalue weighted by Crippen LogP contribution is 2.14. The molecule has 134 valence electrons. The van der Waals surface area contributed by atoms with Crippen LogP contribution < -0.4 is 16.6 Å². The normalized spacial score (nSPS) is 16.2. The molecule has 25 heavy (non-hydrogen) atoms. The van der Waals surface area contributed by atoms with Crippen molar-refractivity contribution in [2.24, 2.45) is 14.1 Å². The van der Waals surface area contributed by atoms with E-state index in [9.17, 15) is 9.59 Å². The molecule has 0 bridgehead atoms. The van der Waals surface area contributed by atoms with Crippen molar-refractivity contribution >= 4 is 0 Å². The summed E-state index contributed by atoms with van der Waals surface area (Å²) >= 11 is 0. The fraction of sp³-hybridized carbons (Fsp3) is 0.474. The van der Waals surface area contributed by atoms with Crippen molar-refractivity contribution in [1.29, 1.82) is 0 Å². The van der Waals surface area contributed by atoms with Gasteiger partial charge in [-0.25, -0.2) is 4.79 Å². The second-order valence-corrected chi connectivity index (χ2v) is 6.83. The summed E-state index contributed by atoms with van der Waals surface area (Å²) in [5.41, 5.74) is 1.49. The Bertz CT molecular complexity index is 818. The Hall–Kier alpha value is -2.18. The maximum atomic E-state index is 12.2. The lowest BCUT2D eigenvalue weighted by atomic mass is 10.0. The summed E-state index contributed by atoms with van der Waals surface area (Å²) in [5, 5.41) is 3.48. The van der Waals surface area contributed by atoms with Crippen LogP contribution >= 0.6 is 0 Å². The van der Waals surface area contributed by atoms with E-state index in [-0.39, 0.29) is 11.2 Å². The summed E-state index contributed by atoms with van der Waals surface area (Å²) in [6, 6.07) is 11.0. The van der Waals surface area contributed by atoms with E-state index in [1.807, 2.05) is 6.07 Å². The molecule has 0 atom stereocenters. The van der Waals surface area contributed by atoms with Gasteiger partial charge in [0.15, 0.2) is 0 Å². The molecule has 6 heteroatoms. The molecule has 2 aromatic rings. The van der Waals surface area contributed by atoms with E-state index in [0.717, 1.165) is 32.5 Å². The zero-order valence-corrected chi connectivity index (χ0v) is 14.9. The SMILES string of the molecule is Cn1cc(CNC2CCN(Cc3ccccc3)CC2)c(=O)n(C)c1=O. The molecular weight excluding hydrogens is 316 g/mol. The van der Waals surface area contributed by atoms with Gasteiger partial charge in [0.25, 0.3) is 5.56 Å². The van der Waals surface area contributed by atoms with Crippen LogP contribution in [0.4, 0.5) is 0 Å². The third-order valence-electron chi connectivity index (χ3n) is 4.94. The van der Waals surface area contributed by atoms with Gasteiger partial charge in [0.05, 0.1) is 0 Å². The van der Waals surface area contributed by atoms with E-state index in [2.05, 4.69) is 34.5 Å². The van der Waals surface area contributed by atoms with Gasteiger partial charge in [-0.3, -0.25) is 14.3 Å². The van der Waals surface area contributed by atoms with Gasteiger partial charge in [0.2, 0.25) is 0 Å². The Morgan fingerprint density at radius 3 is 2.44 bits per heavy atom. The molecule has 6 nitrogen and oxygen atoms in total. The third kappa shape index (κ3) is 4.27. The molecule has 0 aliphatic carbocycles. The quantitative estimate of drug-likeness (QED) is 0.875. The molecule has 0 unspecified atom stereocenters. The second kappa shape index (κ2) is 7.80. The van der Waals surface area contributed by atoms with Gasteiger partial charge < -0.3 is 9.88 Å². The number of hydrogen-bond acceptors (Lipinski definition) is 4. The molecule has 1 aromatic heterocycles. The number of aromatic nitrogens is 2. The Morgan fingerprint density at radius 1 is 1.08 bits per heavy atom. The van der Waals surface area contributed by atoms with Crippen LogP contribution in [0.3, 0.4) is 0 Å². The molecule has 1 N–H and O–H groups in total. The molecule has 3 rings (SSSR count). The monoisotopic (exact) mass is 342 g/mol. The van der Waals surface area contributed by atoms with Crippen molar-refractivity contribution in [2.75, 3.05) is 13.1 Å². The molecular formula is C19H26N4O2. The Labute approximate surface area is 147 Å². The van der Waals surface area contributed by atoms with E-state index in [4.69, 9.17) is 0 Å². The number of nitrogens with zero attached hydrogens (tertiary/aromatic N) is 3. The number of nitrogens with one attached hydrogen (secondary N) is 1. The molecule has 0 saturated carbocycles. The number of benzene rings is 1. The van der Waals surface area contributed by atoms with E-state index < -0.39 is 0 Å². The van der Waals surface area contributed by atoms with E-state index in [1.165, 1.54) is 21.7 Å². The first-order valence-electron chi connectivity index (χ1n) is 8.80. The van der Waals surface area contributed by atoms with Crippen LogP contribution in [-0.2, 0) is 27.2 Å². The van der Waals surface area contributed by atoms with Gasteiger partial charge in [-0.05, 0) is 31.5 Å². The minimum atomic E-state index is -0.289. The summed E-state index contributed by atoms with van der Waals surface area (Å²) in [7, 11) is 3.20. The predicted octanol–water partition coefficient (Wildman–Crippen LogP) is 0.838. The molecule has 1 fully saturated rings. The van der Waals surface area contributed by atoms with Crippen LogP contribution in [-0.4, -0.2) is 33.2 Å². The fourth-order valence-corrected chi connectivity index (χ4v) is 3.40. The Balaban J connectivity index is 1.52. The highest BCUT2D eigenvalue weighted by atomic mass is 16.2. The number of aryl methyl sites for hydroxylation is 1. The number of hydrogen-bond donors (Lipinski definition) is 1. The minimum absolute atomic E-state index is 0.211. The van der Waals surface area contributed by atoms with Crippen LogP contribution in [0.2, 0.25) is 0 Å². The van der Waals surface area contributed by atoms with E-state index >= 15 is 0 Å². The molecule has 0 amide bonds. The largest absolute Gasteiger partial charge is 0.330 e. The van der Waals surface area contributed by atoms with Crippen LogP contribution in [0.5, 0.6) is 0 Å². The maximum Gasteiger partial charge on any atom is 0.330 e. The summed E-state index contributed by atoms with van der Waals surface area (Å²) < 4.78 is 2.63. The van der Waals surface area contributed by atoms with Gasteiger partial charge in [-0.15, -0.1) is 0 Å². The van der Waals surface area contributed by atoms with Gasteiger partial charge >= 0.3 is 5.69 Å².